The molecule has 4 rings (SSSR count). The summed E-state index contributed by atoms with van der Waals surface area (Å²) in [5.41, 5.74) is 7.73. The third-order valence-electron chi connectivity index (χ3n) is 4.83. The average molecular weight is 336 g/mol. The molecule has 0 spiro atoms. The normalized spacial score (nSPS) is 11.8. The Bertz CT molecular complexity index is 1150. The Morgan fingerprint density at radius 1 is 0.846 bits per heavy atom. The fourth-order valence-electron chi connectivity index (χ4n) is 3.45. The largest absolute Gasteiger partial charge is 0.254 e. The van der Waals surface area contributed by atoms with Crippen LogP contribution in [0.1, 0.15) is 18.1 Å². The van der Waals surface area contributed by atoms with Crippen LogP contribution >= 0.6 is 0 Å². The number of hydrogen-bond donors (Lipinski definition) is 0. The number of allylic oxidation sites excluding steroid dienone is 3. The highest BCUT2D eigenvalue weighted by atomic mass is 14.7. The minimum absolute atomic E-state index is 0.926. The Kier molecular flexibility index (Phi) is 4.10. The maximum absolute atomic E-state index is 4.66. The summed E-state index contributed by atoms with van der Waals surface area (Å²) in [6.45, 7) is 8.06. The van der Waals surface area contributed by atoms with Gasteiger partial charge in [0.15, 0.2) is 0 Å². The summed E-state index contributed by atoms with van der Waals surface area (Å²) in [5.74, 6) is 0. The molecule has 2 aromatic heterocycles. The lowest BCUT2D eigenvalue weighted by Gasteiger charge is -2.11. The molecule has 2 aromatic carbocycles. The molecule has 126 valence electrons. The molecule has 0 aliphatic carbocycles. The van der Waals surface area contributed by atoms with Gasteiger partial charge in [0.2, 0.25) is 0 Å². The second-order valence-electron chi connectivity index (χ2n) is 6.39. The van der Waals surface area contributed by atoms with Crippen molar-refractivity contribution in [2.24, 2.45) is 0 Å². The molecule has 0 radical (unpaired) electrons. The highest BCUT2D eigenvalue weighted by molar-refractivity contribution is 6.10. The van der Waals surface area contributed by atoms with Crippen molar-refractivity contribution in [3.05, 3.63) is 90.8 Å². The van der Waals surface area contributed by atoms with Gasteiger partial charge >= 0.3 is 0 Å². The van der Waals surface area contributed by atoms with Crippen LogP contribution in [0.25, 0.3) is 38.5 Å². The zero-order valence-electron chi connectivity index (χ0n) is 15.0. The van der Waals surface area contributed by atoms with Gasteiger partial charge in [-0.2, -0.15) is 0 Å². The predicted molar refractivity (Wildman–Crippen MR) is 111 cm³/mol. The monoisotopic (exact) mass is 336 g/mol. The first-order valence-electron chi connectivity index (χ1n) is 8.75. The minimum Gasteiger partial charge on any atom is -0.254 e. The summed E-state index contributed by atoms with van der Waals surface area (Å²) >= 11 is 0. The van der Waals surface area contributed by atoms with Gasteiger partial charge in [-0.15, -0.1) is 0 Å². The molecule has 2 nitrogen and oxygen atoms in total. The molecule has 0 saturated carbocycles. The van der Waals surface area contributed by atoms with E-state index in [1.54, 1.807) is 0 Å². The molecule has 0 atom stereocenters. The summed E-state index contributed by atoms with van der Waals surface area (Å²) < 4.78 is 0. The highest BCUT2D eigenvalue weighted by Gasteiger charge is 2.11. The van der Waals surface area contributed by atoms with Crippen LogP contribution in [-0.2, 0) is 0 Å². The Balaban J connectivity index is 2.03. The molecule has 2 heterocycles. The SMILES string of the molecule is C=C/C(=C\C)c1ccnc2c1ccc1c(-c3ccc(C)cc3)ccnc12. The minimum atomic E-state index is 0.926. The molecular formula is C24H20N2. The number of rotatable bonds is 3. The number of pyridine rings is 2. The van der Waals surface area contributed by atoms with Crippen LogP contribution in [-0.4, -0.2) is 9.97 Å². The smallest absolute Gasteiger partial charge is 0.0970 e. The van der Waals surface area contributed by atoms with Gasteiger partial charge in [0.1, 0.15) is 0 Å². The molecule has 4 aromatic rings. The summed E-state index contributed by atoms with van der Waals surface area (Å²) in [5, 5.41) is 2.22. The van der Waals surface area contributed by atoms with Gasteiger partial charge in [-0.25, -0.2) is 0 Å². The van der Waals surface area contributed by atoms with E-state index in [0.29, 0.717) is 0 Å². The molecule has 0 aliphatic rings. The molecule has 0 saturated heterocycles. The van der Waals surface area contributed by atoms with E-state index in [4.69, 9.17) is 0 Å². The number of aromatic nitrogens is 2. The average Bonchev–Trinajstić information content (AvgIpc) is 2.69. The van der Waals surface area contributed by atoms with Crippen molar-refractivity contribution >= 4 is 27.4 Å². The van der Waals surface area contributed by atoms with E-state index in [9.17, 15) is 0 Å². The molecule has 0 aliphatic heterocycles. The maximum atomic E-state index is 4.66. The second-order valence-corrected chi connectivity index (χ2v) is 6.39. The fraction of sp³-hybridized carbons (Fsp3) is 0.0833. The van der Waals surface area contributed by atoms with Crippen LogP contribution in [0.5, 0.6) is 0 Å². The molecule has 2 heteroatoms. The fourth-order valence-corrected chi connectivity index (χ4v) is 3.45. The van der Waals surface area contributed by atoms with E-state index in [0.717, 1.165) is 32.9 Å². The van der Waals surface area contributed by atoms with Gasteiger partial charge < -0.3 is 0 Å². The summed E-state index contributed by atoms with van der Waals surface area (Å²) in [6.07, 6.45) is 7.68. The number of hydrogen-bond acceptors (Lipinski definition) is 2. The summed E-state index contributed by atoms with van der Waals surface area (Å²) in [6, 6.07) is 17.0. The van der Waals surface area contributed by atoms with Gasteiger partial charge in [0, 0.05) is 23.2 Å². The van der Waals surface area contributed by atoms with Gasteiger partial charge in [0.05, 0.1) is 11.0 Å². The molecular weight excluding hydrogens is 316 g/mol. The van der Waals surface area contributed by atoms with Gasteiger partial charge in [0.25, 0.3) is 0 Å². The number of fused-ring (bicyclic) bond motifs is 3. The maximum Gasteiger partial charge on any atom is 0.0970 e. The van der Waals surface area contributed by atoms with E-state index in [2.05, 4.69) is 72.0 Å². The van der Waals surface area contributed by atoms with Crippen LogP contribution in [0.3, 0.4) is 0 Å². The van der Waals surface area contributed by atoms with E-state index in [1.807, 2.05) is 31.5 Å². The van der Waals surface area contributed by atoms with Crippen LogP contribution in [0, 0.1) is 6.92 Å². The van der Waals surface area contributed by atoms with Crippen molar-refractivity contribution in [1.29, 1.82) is 0 Å². The zero-order valence-corrected chi connectivity index (χ0v) is 15.0. The van der Waals surface area contributed by atoms with E-state index >= 15 is 0 Å². The predicted octanol–water partition coefficient (Wildman–Crippen LogP) is 6.35. The van der Waals surface area contributed by atoms with Crippen molar-refractivity contribution in [3.63, 3.8) is 0 Å². The lowest BCUT2D eigenvalue weighted by atomic mass is 9.96. The molecule has 0 amide bonds. The standard InChI is InChI=1S/C24H20N2/c1-4-17(5-2)19-12-14-25-23-21(19)10-11-22-20(13-15-26-24(22)23)18-8-6-16(3)7-9-18/h4-15H,1H2,2-3H3/b17-5+. The molecule has 26 heavy (non-hydrogen) atoms. The Hall–Kier alpha value is -3.26. The Labute approximate surface area is 153 Å². The van der Waals surface area contributed by atoms with Gasteiger partial charge in [-0.05, 0) is 48.2 Å². The van der Waals surface area contributed by atoms with E-state index < -0.39 is 0 Å². The molecule has 0 fully saturated rings. The van der Waals surface area contributed by atoms with E-state index in [-0.39, 0.29) is 0 Å². The number of nitrogens with zero attached hydrogens (tertiary/aromatic N) is 2. The quantitative estimate of drug-likeness (QED) is 0.322. The topological polar surface area (TPSA) is 25.8 Å². The Morgan fingerprint density at radius 2 is 1.50 bits per heavy atom. The zero-order chi connectivity index (χ0) is 18.1. The number of benzene rings is 2. The summed E-state index contributed by atoms with van der Waals surface area (Å²) in [7, 11) is 0. The Morgan fingerprint density at radius 3 is 2.19 bits per heavy atom. The molecule has 0 N–H and O–H groups in total. The van der Waals surface area contributed by atoms with Crippen molar-refractivity contribution in [2.75, 3.05) is 0 Å². The van der Waals surface area contributed by atoms with Crippen molar-refractivity contribution < 1.29 is 0 Å². The van der Waals surface area contributed by atoms with Crippen LogP contribution < -0.4 is 0 Å². The highest BCUT2D eigenvalue weighted by Crippen LogP contribution is 2.33. The second kappa shape index (κ2) is 6.57. The van der Waals surface area contributed by atoms with Crippen LogP contribution in [0.4, 0.5) is 0 Å². The van der Waals surface area contributed by atoms with E-state index in [1.165, 1.54) is 16.7 Å². The third-order valence-corrected chi connectivity index (χ3v) is 4.83. The van der Waals surface area contributed by atoms with Crippen LogP contribution in [0.2, 0.25) is 0 Å². The van der Waals surface area contributed by atoms with Gasteiger partial charge in [-0.1, -0.05) is 60.7 Å². The summed E-state index contributed by atoms with van der Waals surface area (Å²) in [4.78, 5) is 9.30. The number of aryl methyl sites for hydroxylation is 1. The van der Waals surface area contributed by atoms with Crippen LogP contribution in [0.15, 0.2) is 79.7 Å². The van der Waals surface area contributed by atoms with Gasteiger partial charge in [-0.3, -0.25) is 9.97 Å². The van der Waals surface area contributed by atoms with Crippen molar-refractivity contribution in [3.8, 4) is 11.1 Å². The first-order valence-corrected chi connectivity index (χ1v) is 8.75. The lowest BCUT2D eigenvalue weighted by Crippen LogP contribution is -1.91. The first-order chi connectivity index (χ1) is 12.7. The van der Waals surface area contributed by atoms with Crippen molar-refractivity contribution in [2.45, 2.75) is 13.8 Å². The first kappa shape index (κ1) is 16.2. The third kappa shape index (κ3) is 2.60. The lowest BCUT2D eigenvalue weighted by molar-refractivity contribution is 1.37. The molecule has 0 bridgehead atoms. The van der Waals surface area contributed by atoms with Crippen molar-refractivity contribution in [1.82, 2.24) is 9.97 Å². The molecule has 0 unspecified atom stereocenters.